The number of ether oxygens (including phenoxy) is 2. The lowest BCUT2D eigenvalue weighted by Crippen LogP contribution is -2.48. The summed E-state index contributed by atoms with van der Waals surface area (Å²) in [6.07, 6.45) is -0.120. The number of carbonyl (C=O) groups excluding carboxylic acids is 1. The number of aliphatic hydroxyl groups excluding tert-OH is 2. The van der Waals surface area contributed by atoms with E-state index >= 15 is 0 Å². The molecule has 29 heavy (non-hydrogen) atoms. The number of phenols is 1. The third kappa shape index (κ3) is 6.30. The summed E-state index contributed by atoms with van der Waals surface area (Å²) >= 11 is 5.87. The van der Waals surface area contributed by atoms with Crippen LogP contribution in [0.3, 0.4) is 0 Å². The minimum Gasteiger partial charge on any atom is -0.508 e. The van der Waals surface area contributed by atoms with Crippen molar-refractivity contribution in [3.05, 3.63) is 70.8 Å². The second-order valence-electron chi connectivity index (χ2n) is 6.99. The van der Waals surface area contributed by atoms with Gasteiger partial charge in [0.1, 0.15) is 18.0 Å². The molecule has 2 aromatic carbocycles. The Labute approximate surface area is 174 Å². The number of aliphatic hydroxyl groups is 2. The maximum atomic E-state index is 12.1. The summed E-state index contributed by atoms with van der Waals surface area (Å²) in [6.45, 7) is 0.325. The van der Waals surface area contributed by atoms with E-state index in [1.807, 2.05) is 12.1 Å². The van der Waals surface area contributed by atoms with Crippen molar-refractivity contribution in [3.8, 4) is 5.75 Å². The van der Waals surface area contributed by atoms with Crippen molar-refractivity contribution < 1.29 is 29.6 Å². The Kier molecular flexibility index (Phi) is 7.28. The molecule has 0 bridgehead atoms. The average Bonchev–Trinajstić information content (AvgIpc) is 2.70. The molecule has 3 rings (SSSR count). The molecule has 4 atom stereocenters. The van der Waals surface area contributed by atoms with Crippen LogP contribution < -0.4 is 0 Å². The summed E-state index contributed by atoms with van der Waals surface area (Å²) in [6, 6.07) is 13.6. The Balaban J connectivity index is 1.54. The minimum absolute atomic E-state index is 0.133. The van der Waals surface area contributed by atoms with Gasteiger partial charge in [0.05, 0.1) is 18.8 Å². The summed E-state index contributed by atoms with van der Waals surface area (Å²) in [4.78, 5) is 12.1. The Morgan fingerprint density at radius 2 is 1.76 bits per heavy atom. The third-order valence-corrected chi connectivity index (χ3v) is 5.00. The predicted molar refractivity (Wildman–Crippen MR) is 108 cm³/mol. The van der Waals surface area contributed by atoms with Crippen LogP contribution in [0.25, 0.3) is 6.08 Å². The van der Waals surface area contributed by atoms with Crippen LogP contribution in [-0.4, -0.2) is 45.7 Å². The van der Waals surface area contributed by atoms with Crippen LogP contribution in [0, 0.1) is 0 Å². The maximum absolute atomic E-state index is 12.1. The third-order valence-electron chi connectivity index (χ3n) is 4.75. The number of hydrogen-bond acceptors (Lipinski definition) is 6. The van der Waals surface area contributed by atoms with Crippen LogP contribution in [0.5, 0.6) is 5.75 Å². The molecule has 0 saturated heterocycles. The van der Waals surface area contributed by atoms with Gasteiger partial charge in [-0.25, -0.2) is 4.79 Å². The fourth-order valence-electron chi connectivity index (χ4n) is 3.14. The largest absolute Gasteiger partial charge is 0.508 e. The first-order valence-corrected chi connectivity index (χ1v) is 9.68. The molecule has 1 fully saturated rings. The molecule has 1 aliphatic carbocycles. The normalized spacial score (nSPS) is 24.5. The number of carbonyl (C=O) groups is 1. The fraction of sp³-hybridized carbons (Fsp3) is 0.318. The van der Waals surface area contributed by atoms with E-state index in [1.165, 1.54) is 18.2 Å². The molecule has 3 N–H and O–H groups in total. The van der Waals surface area contributed by atoms with Gasteiger partial charge in [-0.3, -0.25) is 0 Å². The molecule has 0 heterocycles. The Morgan fingerprint density at radius 1 is 1.07 bits per heavy atom. The Hall–Kier alpha value is -2.38. The summed E-state index contributed by atoms with van der Waals surface area (Å²) in [5.74, 6) is -0.499. The Bertz CT molecular complexity index is 833. The monoisotopic (exact) mass is 418 g/mol. The van der Waals surface area contributed by atoms with Gasteiger partial charge in [-0.1, -0.05) is 35.9 Å². The topological polar surface area (TPSA) is 96.2 Å². The van der Waals surface area contributed by atoms with Gasteiger partial charge in [0, 0.05) is 23.9 Å². The van der Waals surface area contributed by atoms with E-state index in [-0.39, 0.29) is 24.7 Å². The zero-order valence-corrected chi connectivity index (χ0v) is 16.4. The molecule has 0 aliphatic heterocycles. The van der Waals surface area contributed by atoms with Crippen molar-refractivity contribution in [2.45, 2.75) is 43.9 Å². The molecule has 7 heteroatoms. The number of hydrogen-bond donors (Lipinski definition) is 3. The molecule has 0 radical (unpaired) electrons. The fourth-order valence-corrected chi connectivity index (χ4v) is 3.26. The van der Waals surface area contributed by atoms with E-state index in [0.717, 1.165) is 5.56 Å². The molecule has 6 nitrogen and oxygen atoms in total. The lowest BCUT2D eigenvalue weighted by Gasteiger charge is -2.36. The number of aromatic hydroxyl groups is 1. The molecular formula is C22H23ClO6. The zero-order valence-electron chi connectivity index (χ0n) is 15.6. The van der Waals surface area contributed by atoms with Gasteiger partial charge < -0.3 is 24.8 Å². The number of halogens is 1. The molecule has 1 saturated carbocycles. The number of phenolic OH excluding ortho intramolecular Hbond substituents is 1. The number of benzene rings is 2. The molecule has 1 aliphatic rings. The number of rotatable bonds is 6. The van der Waals surface area contributed by atoms with Gasteiger partial charge in [-0.2, -0.15) is 0 Å². The number of esters is 1. The SMILES string of the molecule is O=C(/C=C/c1ccc(O)cc1)O[C@@H]1C[C@@H](OCc2ccc(Cl)cc2)C[C@H](O)[C@H]1O. The van der Waals surface area contributed by atoms with Crippen molar-refractivity contribution in [1.82, 2.24) is 0 Å². The first-order chi connectivity index (χ1) is 13.9. The van der Waals surface area contributed by atoms with Gasteiger partial charge in [-0.05, 0) is 41.5 Å². The van der Waals surface area contributed by atoms with Gasteiger partial charge in [0.2, 0.25) is 0 Å². The quantitative estimate of drug-likeness (QED) is 0.493. The highest BCUT2D eigenvalue weighted by Gasteiger charge is 2.38. The summed E-state index contributed by atoms with van der Waals surface area (Å²) in [7, 11) is 0. The first-order valence-electron chi connectivity index (χ1n) is 9.30. The van der Waals surface area contributed by atoms with Crippen molar-refractivity contribution in [2.24, 2.45) is 0 Å². The van der Waals surface area contributed by atoms with Crippen molar-refractivity contribution in [2.75, 3.05) is 0 Å². The molecule has 154 valence electrons. The highest BCUT2D eigenvalue weighted by molar-refractivity contribution is 6.30. The van der Waals surface area contributed by atoms with Crippen LogP contribution in [0.4, 0.5) is 0 Å². The molecule has 0 aromatic heterocycles. The lowest BCUT2D eigenvalue weighted by atomic mass is 9.89. The summed E-state index contributed by atoms with van der Waals surface area (Å²) in [5, 5.41) is 30.2. The smallest absolute Gasteiger partial charge is 0.331 e. The van der Waals surface area contributed by atoms with Crippen LogP contribution in [0.1, 0.15) is 24.0 Å². The van der Waals surface area contributed by atoms with Gasteiger partial charge in [0.15, 0.2) is 0 Å². The van der Waals surface area contributed by atoms with Gasteiger partial charge >= 0.3 is 5.97 Å². The average molecular weight is 419 g/mol. The zero-order chi connectivity index (χ0) is 20.8. The van der Waals surface area contributed by atoms with E-state index in [4.69, 9.17) is 21.1 Å². The molecule has 2 aromatic rings. The molecule has 0 amide bonds. The predicted octanol–water partition coefficient (Wildman–Crippen LogP) is 3.07. The highest BCUT2D eigenvalue weighted by atomic mass is 35.5. The van der Waals surface area contributed by atoms with E-state index in [0.29, 0.717) is 17.2 Å². The molecule has 0 unspecified atom stereocenters. The highest BCUT2D eigenvalue weighted by Crippen LogP contribution is 2.26. The van der Waals surface area contributed by atoms with E-state index in [9.17, 15) is 20.1 Å². The molecule has 0 spiro atoms. The second-order valence-corrected chi connectivity index (χ2v) is 7.43. The maximum Gasteiger partial charge on any atom is 0.331 e. The Morgan fingerprint density at radius 3 is 2.45 bits per heavy atom. The van der Waals surface area contributed by atoms with Crippen molar-refractivity contribution in [3.63, 3.8) is 0 Å². The second kappa shape index (κ2) is 9.89. The van der Waals surface area contributed by atoms with Gasteiger partial charge in [-0.15, -0.1) is 0 Å². The van der Waals surface area contributed by atoms with Crippen molar-refractivity contribution >= 4 is 23.6 Å². The van der Waals surface area contributed by atoms with E-state index in [1.54, 1.807) is 30.3 Å². The summed E-state index contributed by atoms with van der Waals surface area (Å²) in [5.41, 5.74) is 1.65. The van der Waals surface area contributed by atoms with Crippen LogP contribution in [-0.2, 0) is 20.9 Å². The van der Waals surface area contributed by atoms with Crippen LogP contribution in [0.15, 0.2) is 54.6 Å². The van der Waals surface area contributed by atoms with Crippen molar-refractivity contribution in [1.29, 1.82) is 0 Å². The lowest BCUT2D eigenvalue weighted by molar-refractivity contribution is -0.171. The molecular weight excluding hydrogens is 396 g/mol. The van der Waals surface area contributed by atoms with Gasteiger partial charge in [0.25, 0.3) is 0 Å². The first kappa shape index (κ1) is 21.3. The summed E-state index contributed by atoms with van der Waals surface area (Å²) < 4.78 is 11.2. The standard InChI is InChI=1S/C22H23ClO6/c23-16-6-1-15(2-7-16)13-28-18-11-19(25)22(27)20(12-18)29-21(26)10-5-14-3-8-17(24)9-4-14/h1-10,18-20,22,24-25,27H,11-13H2/b10-5+/t18-,19-,20+,22+/m0/s1. The van der Waals surface area contributed by atoms with Crippen LogP contribution in [0.2, 0.25) is 5.02 Å². The van der Waals surface area contributed by atoms with E-state index < -0.39 is 24.3 Å². The van der Waals surface area contributed by atoms with E-state index in [2.05, 4.69) is 0 Å². The minimum atomic E-state index is -1.17. The van der Waals surface area contributed by atoms with Crippen LogP contribution >= 0.6 is 11.6 Å².